The lowest BCUT2D eigenvalue weighted by atomic mass is 9.81. The van der Waals surface area contributed by atoms with Crippen LogP contribution in [0.5, 0.6) is 0 Å². The van der Waals surface area contributed by atoms with Gasteiger partial charge >= 0.3 is 12.1 Å². The third-order valence-electron chi connectivity index (χ3n) is 5.14. The molecule has 1 heterocycles. The van der Waals surface area contributed by atoms with E-state index in [0.29, 0.717) is 5.70 Å². The van der Waals surface area contributed by atoms with E-state index in [4.69, 9.17) is 4.74 Å². The topological polar surface area (TPSA) is 46.6 Å². The largest absolute Gasteiger partial charge is 0.463 e. The highest BCUT2D eigenvalue weighted by molar-refractivity contribution is 5.96. The Morgan fingerprint density at radius 3 is 2.37 bits per heavy atom. The van der Waals surface area contributed by atoms with Crippen LogP contribution in [0.1, 0.15) is 42.9 Å². The first-order valence-corrected chi connectivity index (χ1v) is 9.62. The molecule has 0 aliphatic carbocycles. The van der Waals surface area contributed by atoms with Gasteiger partial charge in [0, 0.05) is 18.0 Å². The van der Waals surface area contributed by atoms with Gasteiger partial charge in [-0.25, -0.2) is 4.79 Å². The predicted molar refractivity (Wildman–Crippen MR) is 105 cm³/mol. The molecule has 158 valence electrons. The summed E-state index contributed by atoms with van der Waals surface area (Å²) in [6.07, 6.45) is -4.85. The molecule has 4 nitrogen and oxygen atoms in total. The third kappa shape index (κ3) is 4.40. The van der Waals surface area contributed by atoms with E-state index in [1.54, 1.807) is 13.8 Å². The zero-order valence-corrected chi connectivity index (χ0v) is 16.7. The number of halogens is 3. The van der Waals surface area contributed by atoms with Crippen molar-refractivity contribution in [3.05, 3.63) is 82.6 Å². The Balaban J connectivity index is 2.11. The van der Waals surface area contributed by atoms with Gasteiger partial charge < -0.3 is 9.64 Å². The second-order valence-corrected chi connectivity index (χ2v) is 7.03. The fourth-order valence-corrected chi connectivity index (χ4v) is 3.77. The minimum absolute atomic E-state index is 0.0792. The second-order valence-electron chi connectivity index (χ2n) is 7.03. The summed E-state index contributed by atoms with van der Waals surface area (Å²) in [6.45, 7) is 3.51. The molecular formula is C23H22F3NO3. The zero-order chi connectivity index (χ0) is 21.9. The molecular weight excluding hydrogens is 395 g/mol. The number of esters is 1. The van der Waals surface area contributed by atoms with E-state index in [0.717, 1.165) is 11.6 Å². The molecule has 1 atom stereocenters. The lowest BCUT2D eigenvalue weighted by molar-refractivity contribution is -0.142. The average Bonchev–Trinajstić information content (AvgIpc) is 2.71. The zero-order valence-electron chi connectivity index (χ0n) is 16.7. The number of allylic oxidation sites excluding steroid dienone is 1. The number of ether oxygens (including phenoxy) is 1. The second kappa shape index (κ2) is 8.73. The first-order chi connectivity index (χ1) is 14.2. The van der Waals surface area contributed by atoms with Crippen molar-refractivity contribution in [3.8, 4) is 0 Å². The van der Waals surface area contributed by atoms with Crippen LogP contribution in [-0.2, 0) is 27.0 Å². The Bertz CT molecular complexity index is 967. The van der Waals surface area contributed by atoms with Crippen LogP contribution in [0.4, 0.5) is 13.2 Å². The van der Waals surface area contributed by atoms with Crippen molar-refractivity contribution in [2.75, 3.05) is 6.61 Å². The highest BCUT2D eigenvalue weighted by Crippen LogP contribution is 2.43. The smallest absolute Gasteiger partial charge is 0.416 e. The molecule has 0 fully saturated rings. The predicted octanol–water partition coefficient (Wildman–Crippen LogP) is 5.06. The first kappa shape index (κ1) is 21.6. The molecule has 1 aliphatic heterocycles. The minimum atomic E-state index is -4.60. The van der Waals surface area contributed by atoms with Gasteiger partial charge in [0.25, 0.3) is 0 Å². The van der Waals surface area contributed by atoms with Crippen molar-refractivity contribution in [3.63, 3.8) is 0 Å². The Morgan fingerprint density at radius 1 is 1.10 bits per heavy atom. The number of rotatable bonds is 5. The van der Waals surface area contributed by atoms with E-state index in [-0.39, 0.29) is 36.6 Å². The fraction of sp³-hybridized carbons (Fsp3) is 0.304. The van der Waals surface area contributed by atoms with Gasteiger partial charge in [-0.1, -0.05) is 48.5 Å². The molecule has 1 aliphatic rings. The van der Waals surface area contributed by atoms with Gasteiger partial charge in [-0.3, -0.25) is 4.79 Å². The normalized spacial score (nSPS) is 17.3. The van der Waals surface area contributed by atoms with Crippen LogP contribution in [0.15, 0.2) is 65.9 Å². The van der Waals surface area contributed by atoms with Crippen LogP contribution < -0.4 is 0 Å². The van der Waals surface area contributed by atoms with Gasteiger partial charge in [-0.2, -0.15) is 13.2 Å². The quantitative estimate of drug-likeness (QED) is 0.639. The Hall–Kier alpha value is -3.09. The maximum absolute atomic E-state index is 13.6. The molecule has 0 saturated carbocycles. The van der Waals surface area contributed by atoms with Crippen molar-refractivity contribution in [1.29, 1.82) is 0 Å². The number of benzene rings is 2. The van der Waals surface area contributed by atoms with Crippen LogP contribution >= 0.6 is 0 Å². The minimum Gasteiger partial charge on any atom is -0.463 e. The van der Waals surface area contributed by atoms with Crippen LogP contribution in [0.25, 0.3) is 0 Å². The van der Waals surface area contributed by atoms with E-state index >= 15 is 0 Å². The molecule has 1 amide bonds. The average molecular weight is 417 g/mol. The molecule has 0 radical (unpaired) electrons. The molecule has 0 N–H and O–H groups in total. The van der Waals surface area contributed by atoms with Crippen LogP contribution in [-0.4, -0.2) is 23.4 Å². The summed E-state index contributed by atoms with van der Waals surface area (Å²) in [5.74, 6) is -2.07. The number of carbonyl (C=O) groups excluding carboxylic acids is 2. The highest BCUT2D eigenvalue weighted by atomic mass is 19.4. The van der Waals surface area contributed by atoms with E-state index in [1.165, 1.54) is 23.1 Å². The van der Waals surface area contributed by atoms with Crippen LogP contribution in [0.3, 0.4) is 0 Å². The maximum Gasteiger partial charge on any atom is 0.416 e. The number of alkyl halides is 3. The molecule has 2 aromatic carbocycles. The number of hydrogen-bond donors (Lipinski definition) is 0. The molecule has 0 saturated heterocycles. The molecule has 3 rings (SSSR count). The number of carbonyl (C=O) groups is 2. The molecule has 30 heavy (non-hydrogen) atoms. The molecule has 0 spiro atoms. The maximum atomic E-state index is 13.6. The third-order valence-corrected chi connectivity index (χ3v) is 5.14. The lowest BCUT2D eigenvalue weighted by Crippen LogP contribution is -2.38. The lowest BCUT2D eigenvalue weighted by Gasteiger charge is -2.35. The summed E-state index contributed by atoms with van der Waals surface area (Å²) in [7, 11) is 0. The van der Waals surface area contributed by atoms with Gasteiger partial charge in [0.15, 0.2) is 0 Å². The van der Waals surface area contributed by atoms with E-state index in [1.807, 2.05) is 30.3 Å². The van der Waals surface area contributed by atoms with E-state index in [9.17, 15) is 22.8 Å². The van der Waals surface area contributed by atoms with Crippen molar-refractivity contribution in [2.24, 2.45) is 0 Å². The fourth-order valence-electron chi connectivity index (χ4n) is 3.77. The Labute approximate surface area is 173 Å². The van der Waals surface area contributed by atoms with Crippen molar-refractivity contribution >= 4 is 11.9 Å². The Morgan fingerprint density at radius 2 is 1.73 bits per heavy atom. The van der Waals surface area contributed by atoms with E-state index < -0.39 is 23.6 Å². The summed E-state index contributed by atoms with van der Waals surface area (Å²) < 4.78 is 46.0. The van der Waals surface area contributed by atoms with Crippen molar-refractivity contribution in [2.45, 2.75) is 38.9 Å². The summed E-state index contributed by atoms with van der Waals surface area (Å²) in [4.78, 5) is 27.1. The van der Waals surface area contributed by atoms with Crippen molar-refractivity contribution in [1.82, 2.24) is 4.90 Å². The van der Waals surface area contributed by atoms with Gasteiger partial charge in [0.2, 0.25) is 5.91 Å². The van der Waals surface area contributed by atoms with Crippen molar-refractivity contribution < 1.29 is 27.5 Å². The van der Waals surface area contributed by atoms with Crippen LogP contribution in [0, 0.1) is 0 Å². The summed E-state index contributed by atoms with van der Waals surface area (Å²) in [5.41, 5.74) is 0.302. The monoisotopic (exact) mass is 417 g/mol. The molecule has 0 unspecified atom stereocenters. The summed E-state index contributed by atoms with van der Waals surface area (Å²) in [6, 6.07) is 14.2. The molecule has 7 heteroatoms. The van der Waals surface area contributed by atoms with Gasteiger partial charge in [0.1, 0.15) is 0 Å². The van der Waals surface area contributed by atoms with Gasteiger partial charge in [-0.15, -0.1) is 0 Å². The van der Waals surface area contributed by atoms with Gasteiger partial charge in [0.05, 0.1) is 24.3 Å². The SMILES string of the molecule is CCOC(=O)C1=C(C)N(Cc2ccccc2)C(=O)C[C@@H]1c1ccccc1C(F)(F)F. The van der Waals surface area contributed by atoms with Gasteiger partial charge in [-0.05, 0) is 31.0 Å². The number of nitrogens with zero attached hydrogens (tertiary/aromatic N) is 1. The molecule has 0 bridgehead atoms. The summed E-state index contributed by atoms with van der Waals surface area (Å²) in [5, 5.41) is 0. The molecule has 0 aromatic heterocycles. The first-order valence-electron chi connectivity index (χ1n) is 9.62. The highest BCUT2D eigenvalue weighted by Gasteiger charge is 2.41. The Kier molecular flexibility index (Phi) is 6.29. The van der Waals surface area contributed by atoms with E-state index in [2.05, 4.69) is 0 Å². The number of amides is 1. The standard InChI is InChI=1S/C23H22F3NO3/c1-3-30-22(29)21-15(2)27(14-16-9-5-4-6-10-16)20(28)13-18(21)17-11-7-8-12-19(17)23(24,25)26/h4-12,18H,3,13-14H2,1-2H3/t18-/m1/s1. The summed E-state index contributed by atoms with van der Waals surface area (Å²) >= 11 is 0. The van der Waals surface area contributed by atoms with Crippen LogP contribution in [0.2, 0.25) is 0 Å². The molecule has 2 aromatic rings. The number of hydrogen-bond acceptors (Lipinski definition) is 3.